The van der Waals surface area contributed by atoms with Gasteiger partial charge in [0.1, 0.15) is 17.2 Å². The predicted octanol–water partition coefficient (Wildman–Crippen LogP) is 4.65. The van der Waals surface area contributed by atoms with Crippen molar-refractivity contribution < 1.29 is 26.0 Å². The number of rotatable bonds is 4. The van der Waals surface area contributed by atoms with Crippen LogP contribution in [0.25, 0.3) is 33.7 Å². The molecular formula is C21H16F4N4O2S. The molecule has 3 aromatic heterocycles. The Kier molecular flexibility index (Phi) is 5.24. The van der Waals surface area contributed by atoms with Crippen LogP contribution in [0.1, 0.15) is 12.6 Å². The van der Waals surface area contributed by atoms with Gasteiger partial charge in [-0.2, -0.15) is 13.2 Å². The molecule has 0 N–H and O–H groups in total. The number of halogens is 4. The van der Waals surface area contributed by atoms with E-state index in [9.17, 15) is 26.0 Å². The highest BCUT2D eigenvalue weighted by Crippen LogP contribution is 2.33. The first-order valence-corrected chi connectivity index (χ1v) is 11.1. The highest BCUT2D eigenvalue weighted by molar-refractivity contribution is 7.91. The molecule has 4 aromatic rings. The molecule has 0 aliphatic heterocycles. The van der Waals surface area contributed by atoms with Crippen LogP contribution in [0.4, 0.5) is 17.6 Å². The van der Waals surface area contributed by atoms with Crippen LogP contribution in [-0.2, 0) is 23.1 Å². The maximum atomic E-state index is 13.3. The van der Waals surface area contributed by atoms with Crippen molar-refractivity contribution in [1.29, 1.82) is 0 Å². The molecule has 0 saturated carbocycles. The van der Waals surface area contributed by atoms with Gasteiger partial charge in [-0.15, -0.1) is 0 Å². The molecular weight excluding hydrogens is 448 g/mol. The molecule has 0 bridgehead atoms. The quantitative estimate of drug-likeness (QED) is 0.411. The van der Waals surface area contributed by atoms with Crippen molar-refractivity contribution in [2.24, 2.45) is 7.05 Å². The average Bonchev–Trinajstić information content (AvgIpc) is 3.09. The molecule has 11 heteroatoms. The van der Waals surface area contributed by atoms with Crippen LogP contribution < -0.4 is 0 Å². The summed E-state index contributed by atoms with van der Waals surface area (Å²) in [4.78, 5) is 11.8. The molecule has 0 saturated heterocycles. The zero-order valence-electron chi connectivity index (χ0n) is 16.9. The summed E-state index contributed by atoms with van der Waals surface area (Å²) in [7, 11) is -2.25. The average molecular weight is 464 g/mol. The Hall–Kier alpha value is -3.34. The van der Waals surface area contributed by atoms with Gasteiger partial charge >= 0.3 is 6.18 Å². The van der Waals surface area contributed by atoms with Crippen molar-refractivity contribution in [3.63, 3.8) is 0 Å². The second-order valence-electron chi connectivity index (χ2n) is 7.03. The van der Waals surface area contributed by atoms with Crippen LogP contribution in [0.15, 0.2) is 53.7 Å². The van der Waals surface area contributed by atoms with Gasteiger partial charge in [-0.1, -0.05) is 19.1 Å². The van der Waals surface area contributed by atoms with Crippen molar-refractivity contribution in [3.8, 4) is 22.6 Å². The van der Waals surface area contributed by atoms with E-state index in [2.05, 4.69) is 15.0 Å². The minimum Gasteiger partial charge on any atom is -0.324 e. The van der Waals surface area contributed by atoms with Crippen LogP contribution in [0, 0.1) is 5.82 Å². The van der Waals surface area contributed by atoms with E-state index in [1.807, 2.05) is 0 Å². The molecule has 0 aliphatic rings. The molecule has 166 valence electrons. The fourth-order valence-corrected chi connectivity index (χ4v) is 4.32. The first kappa shape index (κ1) is 21.9. The smallest absolute Gasteiger partial charge is 0.324 e. The van der Waals surface area contributed by atoms with Crippen LogP contribution in [0.2, 0.25) is 0 Å². The molecule has 0 atom stereocenters. The van der Waals surface area contributed by atoms with Gasteiger partial charge in [-0.25, -0.2) is 22.8 Å². The summed E-state index contributed by atoms with van der Waals surface area (Å²) in [6.07, 6.45) is -2.19. The third-order valence-corrected chi connectivity index (χ3v) is 6.76. The third-order valence-electron chi connectivity index (χ3n) is 5.01. The zero-order chi connectivity index (χ0) is 23.3. The predicted molar refractivity (Wildman–Crippen MR) is 110 cm³/mol. The number of fused-ring (bicyclic) bond motifs is 1. The lowest BCUT2D eigenvalue weighted by atomic mass is 10.1. The number of pyridine rings is 2. The molecule has 0 aliphatic carbocycles. The SMILES string of the molecule is CCS(=O)(=O)c1cc(-c2ccc(F)cc2)cnc1-c1nc2cc(C(F)(F)F)ncc2n1C. The van der Waals surface area contributed by atoms with E-state index in [1.54, 1.807) is 0 Å². The third kappa shape index (κ3) is 3.83. The molecule has 3 heterocycles. The monoisotopic (exact) mass is 464 g/mol. The summed E-state index contributed by atoms with van der Waals surface area (Å²) in [6.45, 7) is 1.47. The van der Waals surface area contributed by atoms with Crippen LogP contribution >= 0.6 is 0 Å². The van der Waals surface area contributed by atoms with Crippen LogP contribution in [-0.4, -0.2) is 33.7 Å². The van der Waals surface area contributed by atoms with Crippen molar-refractivity contribution in [3.05, 3.63) is 60.3 Å². The van der Waals surface area contributed by atoms with Gasteiger partial charge in [-0.05, 0) is 29.8 Å². The molecule has 0 unspecified atom stereocenters. The summed E-state index contributed by atoms with van der Waals surface area (Å²) in [5, 5.41) is 0. The lowest BCUT2D eigenvalue weighted by Gasteiger charge is -2.11. The Morgan fingerprint density at radius 2 is 1.69 bits per heavy atom. The lowest BCUT2D eigenvalue weighted by molar-refractivity contribution is -0.141. The topological polar surface area (TPSA) is 77.7 Å². The summed E-state index contributed by atoms with van der Waals surface area (Å²) >= 11 is 0. The van der Waals surface area contributed by atoms with Gasteiger partial charge in [0, 0.05) is 18.8 Å². The minimum atomic E-state index is -4.64. The number of sulfone groups is 1. The Bertz CT molecular complexity index is 1430. The highest BCUT2D eigenvalue weighted by atomic mass is 32.2. The number of alkyl halides is 3. The summed E-state index contributed by atoms with van der Waals surface area (Å²) < 4.78 is 79.5. The number of benzene rings is 1. The highest BCUT2D eigenvalue weighted by Gasteiger charge is 2.33. The first-order chi connectivity index (χ1) is 15.0. The molecule has 0 fully saturated rings. The Morgan fingerprint density at radius 3 is 2.31 bits per heavy atom. The number of hydrogen-bond donors (Lipinski definition) is 0. The van der Waals surface area contributed by atoms with Gasteiger partial charge in [-0.3, -0.25) is 4.98 Å². The maximum absolute atomic E-state index is 13.3. The van der Waals surface area contributed by atoms with Crippen molar-refractivity contribution in [2.45, 2.75) is 18.0 Å². The van der Waals surface area contributed by atoms with Gasteiger partial charge in [0.05, 0.1) is 27.9 Å². The van der Waals surface area contributed by atoms with E-state index < -0.39 is 27.5 Å². The molecule has 0 amide bonds. The number of aromatic nitrogens is 4. The van der Waals surface area contributed by atoms with E-state index in [1.165, 1.54) is 55.1 Å². The maximum Gasteiger partial charge on any atom is 0.433 e. The number of imidazole rings is 1. The van der Waals surface area contributed by atoms with E-state index in [-0.39, 0.29) is 33.2 Å². The van der Waals surface area contributed by atoms with Crippen molar-refractivity contribution >= 4 is 20.9 Å². The largest absolute Gasteiger partial charge is 0.433 e. The molecule has 6 nitrogen and oxygen atoms in total. The molecule has 4 rings (SSSR count). The van der Waals surface area contributed by atoms with Gasteiger partial charge in [0.15, 0.2) is 15.7 Å². The van der Waals surface area contributed by atoms with E-state index in [4.69, 9.17) is 0 Å². The summed E-state index contributed by atoms with van der Waals surface area (Å²) in [5.41, 5.74) is 0.203. The summed E-state index contributed by atoms with van der Waals surface area (Å²) in [5.74, 6) is -0.580. The van der Waals surface area contributed by atoms with E-state index in [0.29, 0.717) is 11.1 Å². The van der Waals surface area contributed by atoms with Crippen LogP contribution in [0.5, 0.6) is 0 Å². The fraction of sp³-hybridized carbons (Fsp3) is 0.190. The Labute approximate surface area is 180 Å². The number of hydrogen-bond acceptors (Lipinski definition) is 5. The fourth-order valence-electron chi connectivity index (χ4n) is 3.26. The number of nitrogens with zero attached hydrogens (tertiary/aromatic N) is 4. The zero-order valence-corrected chi connectivity index (χ0v) is 17.7. The second-order valence-corrected chi connectivity index (χ2v) is 9.28. The Balaban J connectivity index is 1.94. The molecule has 0 spiro atoms. The van der Waals surface area contributed by atoms with Gasteiger partial charge in [0.25, 0.3) is 0 Å². The minimum absolute atomic E-state index is 0.00460. The first-order valence-electron chi connectivity index (χ1n) is 9.40. The summed E-state index contributed by atoms with van der Waals surface area (Å²) in [6, 6.07) is 7.69. The Morgan fingerprint density at radius 1 is 1.00 bits per heavy atom. The second kappa shape index (κ2) is 7.66. The van der Waals surface area contributed by atoms with Crippen molar-refractivity contribution in [1.82, 2.24) is 19.5 Å². The molecule has 1 aromatic carbocycles. The standard InChI is InChI=1S/C21H16F4N4O2S/c1-3-32(30,31)17-8-13(12-4-6-14(22)7-5-12)10-27-19(17)20-28-15-9-18(21(23,24)25)26-11-16(15)29(20)2/h4-11H,3H2,1-2H3. The van der Waals surface area contributed by atoms with Gasteiger partial charge < -0.3 is 4.57 Å². The lowest BCUT2D eigenvalue weighted by Crippen LogP contribution is -2.09. The molecule has 32 heavy (non-hydrogen) atoms. The van der Waals surface area contributed by atoms with E-state index >= 15 is 0 Å². The van der Waals surface area contributed by atoms with E-state index in [0.717, 1.165) is 12.3 Å². The van der Waals surface area contributed by atoms with Crippen molar-refractivity contribution in [2.75, 3.05) is 5.75 Å². The van der Waals surface area contributed by atoms with Crippen LogP contribution in [0.3, 0.4) is 0 Å². The normalized spacial score (nSPS) is 12.4. The molecule has 0 radical (unpaired) electrons. The number of aryl methyl sites for hydroxylation is 1. The van der Waals surface area contributed by atoms with Gasteiger partial charge in [0.2, 0.25) is 0 Å².